The first-order valence-electron chi connectivity index (χ1n) is 15.1. The first-order chi connectivity index (χ1) is 21.6. The van der Waals surface area contributed by atoms with Crippen LogP contribution in [0.25, 0.3) is 0 Å². The summed E-state index contributed by atoms with van der Waals surface area (Å²) in [4.78, 5) is 26.0. The highest BCUT2D eigenvalue weighted by molar-refractivity contribution is 5.83. The average molecular weight is 628 g/mol. The second-order valence-electron chi connectivity index (χ2n) is 11.2. The van der Waals surface area contributed by atoms with E-state index in [4.69, 9.17) is 14.2 Å². The zero-order valence-electron chi connectivity index (χ0n) is 25.6. The Bertz CT molecular complexity index is 1330. The van der Waals surface area contributed by atoms with E-state index in [0.29, 0.717) is 37.2 Å². The summed E-state index contributed by atoms with van der Waals surface area (Å²) in [6.07, 6.45) is -3.95. The number of benzene rings is 3. The Kier molecular flexibility index (Phi) is 11.6. The molecule has 3 aromatic rings. The van der Waals surface area contributed by atoms with Gasteiger partial charge in [-0.05, 0) is 60.2 Å². The molecule has 10 heteroatoms. The first kappa shape index (κ1) is 34.0. The molecule has 0 aliphatic carbocycles. The number of ether oxygens (including phenoxy) is 3. The second kappa shape index (κ2) is 15.4. The van der Waals surface area contributed by atoms with Crippen LogP contribution in [0.5, 0.6) is 11.5 Å². The molecule has 4 rings (SSSR count). The number of carbonyl (C=O) groups excluding carboxylic acids is 2. The smallest absolute Gasteiger partial charge is 0.449 e. The number of halogens is 3. The SMILES string of the molecule is COc1ccc(C(OC[C@@H]2C[C@@H](O)CN2C(=O)CCCCCCC(=O)C(F)(F)F)(c2ccccc2)c2ccc(OC)cc2)cc1. The maximum atomic E-state index is 13.3. The summed E-state index contributed by atoms with van der Waals surface area (Å²) in [5.41, 5.74) is 1.50. The first-order valence-corrected chi connectivity index (χ1v) is 15.1. The van der Waals surface area contributed by atoms with Gasteiger partial charge in [0.15, 0.2) is 0 Å². The van der Waals surface area contributed by atoms with Gasteiger partial charge in [-0.3, -0.25) is 9.59 Å². The molecule has 0 aromatic heterocycles. The maximum absolute atomic E-state index is 13.3. The number of likely N-dealkylation sites (tertiary alicyclic amines) is 1. The van der Waals surface area contributed by atoms with E-state index in [1.165, 1.54) is 0 Å². The van der Waals surface area contributed by atoms with Crippen LogP contribution in [-0.2, 0) is 19.9 Å². The van der Waals surface area contributed by atoms with Gasteiger partial charge in [-0.25, -0.2) is 0 Å². The highest BCUT2D eigenvalue weighted by atomic mass is 19.4. The fourth-order valence-corrected chi connectivity index (χ4v) is 5.85. The Morgan fingerprint density at radius 1 is 0.778 bits per heavy atom. The number of amides is 1. The van der Waals surface area contributed by atoms with E-state index in [2.05, 4.69) is 0 Å². The van der Waals surface area contributed by atoms with Crippen molar-refractivity contribution in [3.05, 3.63) is 95.6 Å². The topological polar surface area (TPSA) is 85.3 Å². The van der Waals surface area contributed by atoms with Crippen molar-refractivity contribution in [2.24, 2.45) is 0 Å². The molecule has 1 aliphatic heterocycles. The number of nitrogens with zero attached hydrogens (tertiary/aromatic N) is 1. The number of ketones is 1. The third-order valence-corrected chi connectivity index (χ3v) is 8.24. The molecule has 0 radical (unpaired) electrons. The number of unbranched alkanes of at least 4 members (excludes halogenated alkanes) is 3. The number of aliphatic hydroxyl groups is 1. The third-order valence-electron chi connectivity index (χ3n) is 8.24. The van der Waals surface area contributed by atoms with E-state index in [0.717, 1.165) is 16.7 Å². The molecule has 1 amide bonds. The van der Waals surface area contributed by atoms with Crippen molar-refractivity contribution in [2.45, 2.75) is 68.9 Å². The van der Waals surface area contributed by atoms with E-state index in [1.807, 2.05) is 78.9 Å². The van der Waals surface area contributed by atoms with Crippen molar-refractivity contribution < 1.29 is 42.1 Å². The number of β-amino-alcohol motifs (C(OH)–C–C–N with tert-alkyl or cyclic N) is 1. The second-order valence-corrected chi connectivity index (χ2v) is 11.2. The van der Waals surface area contributed by atoms with Crippen molar-refractivity contribution in [3.8, 4) is 11.5 Å². The van der Waals surface area contributed by atoms with E-state index in [1.54, 1.807) is 19.1 Å². The molecule has 0 bridgehead atoms. The molecule has 1 heterocycles. The molecule has 1 N–H and O–H groups in total. The molecule has 1 saturated heterocycles. The lowest BCUT2D eigenvalue weighted by Crippen LogP contribution is -2.42. The van der Waals surface area contributed by atoms with E-state index in [-0.39, 0.29) is 31.9 Å². The van der Waals surface area contributed by atoms with Crippen LogP contribution < -0.4 is 9.47 Å². The minimum absolute atomic E-state index is 0.129. The molecule has 2 atom stereocenters. The average Bonchev–Trinajstić information content (AvgIpc) is 3.43. The highest BCUT2D eigenvalue weighted by Gasteiger charge is 2.41. The number of aliphatic hydroxyl groups excluding tert-OH is 1. The van der Waals surface area contributed by atoms with Crippen LogP contribution in [0.1, 0.15) is 61.6 Å². The zero-order chi connectivity index (χ0) is 32.5. The van der Waals surface area contributed by atoms with Crippen LogP contribution in [0.4, 0.5) is 13.2 Å². The molecule has 45 heavy (non-hydrogen) atoms. The van der Waals surface area contributed by atoms with Crippen LogP contribution in [0, 0.1) is 0 Å². The van der Waals surface area contributed by atoms with Crippen LogP contribution in [0.2, 0.25) is 0 Å². The monoisotopic (exact) mass is 627 g/mol. The molecule has 1 aliphatic rings. The molecule has 7 nitrogen and oxygen atoms in total. The lowest BCUT2D eigenvalue weighted by Gasteiger charge is -2.38. The Balaban J connectivity index is 1.53. The van der Waals surface area contributed by atoms with Gasteiger partial charge < -0.3 is 24.2 Å². The number of hydrogen-bond acceptors (Lipinski definition) is 6. The van der Waals surface area contributed by atoms with E-state index in [9.17, 15) is 27.9 Å². The number of hydrogen-bond donors (Lipinski definition) is 1. The van der Waals surface area contributed by atoms with Gasteiger partial charge in [-0.15, -0.1) is 0 Å². The predicted molar refractivity (Wildman–Crippen MR) is 163 cm³/mol. The summed E-state index contributed by atoms with van der Waals surface area (Å²) in [6.45, 7) is 0.311. The van der Waals surface area contributed by atoms with E-state index < -0.39 is 36.1 Å². The van der Waals surface area contributed by atoms with Crippen molar-refractivity contribution in [2.75, 3.05) is 27.4 Å². The number of rotatable bonds is 15. The van der Waals surface area contributed by atoms with Crippen molar-refractivity contribution in [1.82, 2.24) is 4.90 Å². The molecular formula is C35H40F3NO6. The third kappa shape index (κ3) is 8.43. The predicted octanol–water partition coefficient (Wildman–Crippen LogP) is 6.45. The van der Waals surface area contributed by atoms with Crippen molar-refractivity contribution >= 4 is 11.7 Å². The fraction of sp³-hybridized carbons (Fsp3) is 0.429. The molecule has 1 fully saturated rings. The molecule has 0 spiro atoms. The van der Waals surface area contributed by atoms with Gasteiger partial charge in [0.05, 0.1) is 33.0 Å². The Morgan fingerprint density at radius 2 is 1.29 bits per heavy atom. The van der Waals surface area contributed by atoms with Gasteiger partial charge in [-0.2, -0.15) is 13.2 Å². The number of alkyl halides is 3. The maximum Gasteiger partial charge on any atom is 0.449 e. The summed E-state index contributed by atoms with van der Waals surface area (Å²) < 4.78 is 55.0. The van der Waals surface area contributed by atoms with Crippen molar-refractivity contribution in [1.29, 1.82) is 0 Å². The lowest BCUT2D eigenvalue weighted by molar-refractivity contribution is -0.171. The summed E-state index contributed by atoms with van der Waals surface area (Å²) in [7, 11) is 3.20. The van der Waals surface area contributed by atoms with Gasteiger partial charge in [0.2, 0.25) is 11.7 Å². The Hall–Kier alpha value is -3.89. The molecule has 0 saturated carbocycles. The van der Waals surface area contributed by atoms with Gasteiger partial charge in [0.1, 0.15) is 17.1 Å². The van der Waals surface area contributed by atoms with Gasteiger partial charge in [0.25, 0.3) is 0 Å². The highest BCUT2D eigenvalue weighted by Crippen LogP contribution is 2.42. The molecule has 0 unspecified atom stereocenters. The van der Waals surface area contributed by atoms with E-state index >= 15 is 0 Å². The summed E-state index contributed by atoms with van der Waals surface area (Å²) >= 11 is 0. The molecule has 3 aromatic carbocycles. The van der Waals surface area contributed by atoms with Gasteiger partial charge >= 0.3 is 6.18 Å². The van der Waals surface area contributed by atoms with Crippen LogP contribution >= 0.6 is 0 Å². The normalized spacial score (nSPS) is 16.9. The quantitative estimate of drug-likeness (QED) is 0.154. The fourth-order valence-electron chi connectivity index (χ4n) is 5.85. The largest absolute Gasteiger partial charge is 0.497 e. The molecular weight excluding hydrogens is 587 g/mol. The van der Waals surface area contributed by atoms with Gasteiger partial charge in [0, 0.05) is 19.4 Å². The Labute approximate surface area is 261 Å². The number of carbonyl (C=O) groups is 2. The summed E-state index contributed by atoms with van der Waals surface area (Å²) in [6, 6.07) is 24.7. The summed E-state index contributed by atoms with van der Waals surface area (Å²) in [5, 5.41) is 10.6. The Morgan fingerprint density at radius 3 is 1.80 bits per heavy atom. The van der Waals surface area contributed by atoms with Gasteiger partial charge in [-0.1, -0.05) is 67.4 Å². The van der Waals surface area contributed by atoms with Crippen LogP contribution in [0.3, 0.4) is 0 Å². The minimum atomic E-state index is -4.80. The van der Waals surface area contributed by atoms with Crippen molar-refractivity contribution in [3.63, 3.8) is 0 Å². The molecule has 242 valence electrons. The minimum Gasteiger partial charge on any atom is -0.497 e. The standard InChI is InChI=1S/C35H40F3NO6/c1-43-30-18-14-26(15-19-30)34(25-10-6-5-7-11-25,27-16-20-31(44-2)21-17-27)45-24-28-22-29(40)23-39(28)33(42)13-9-4-3-8-12-32(41)35(36,37)38/h5-7,10-11,14-21,28-29,40H,3-4,8-9,12-13,22-24H2,1-2H3/t28-,29+/m0/s1. The number of Topliss-reactive ketones (excluding diaryl/α,β-unsaturated/α-hetero) is 1. The number of methoxy groups -OCH3 is 2. The zero-order valence-corrected chi connectivity index (χ0v) is 25.6. The van der Waals surface area contributed by atoms with Crippen LogP contribution in [0.15, 0.2) is 78.9 Å². The van der Waals surface area contributed by atoms with Crippen LogP contribution in [-0.4, -0.2) is 67.4 Å². The lowest BCUT2D eigenvalue weighted by atomic mass is 9.80. The summed E-state index contributed by atoms with van der Waals surface area (Å²) in [5.74, 6) is -0.481.